The van der Waals surface area contributed by atoms with Gasteiger partial charge in [-0.3, -0.25) is 0 Å². The Morgan fingerprint density at radius 2 is 1.83 bits per heavy atom. The maximum absolute atomic E-state index is 13.6. The number of amides is 1. The van der Waals surface area contributed by atoms with Gasteiger partial charge in [0.05, 0.1) is 23.8 Å². The molecule has 1 amide bonds. The van der Waals surface area contributed by atoms with Gasteiger partial charge in [-0.1, -0.05) is 11.6 Å². The van der Waals surface area contributed by atoms with Crippen molar-refractivity contribution in [3.05, 3.63) is 47.5 Å². The minimum atomic E-state index is -0.530. The van der Waals surface area contributed by atoms with Crippen LogP contribution in [0.3, 0.4) is 0 Å². The van der Waals surface area contributed by atoms with Crippen molar-refractivity contribution in [3.63, 3.8) is 0 Å². The molecule has 36 heavy (non-hydrogen) atoms. The molecule has 10 heteroatoms. The molecule has 2 aromatic carbocycles. The first kappa shape index (κ1) is 25.8. The molecule has 1 aromatic heterocycles. The van der Waals surface area contributed by atoms with Gasteiger partial charge in [0.2, 0.25) is 0 Å². The van der Waals surface area contributed by atoms with Gasteiger partial charge < -0.3 is 24.8 Å². The number of hydrogen-bond acceptors (Lipinski definition) is 7. The van der Waals surface area contributed by atoms with Crippen molar-refractivity contribution < 1.29 is 23.4 Å². The monoisotopic (exact) mass is 516 g/mol. The average Bonchev–Trinajstić information content (AvgIpc) is 2.81. The SMILES string of the molecule is COc1cc2ncnc(Nc3ccc(F)c(Cl)c3)c2cc1O[C@H]1CC[C@H](NC(=O)OC(C)(C)C)CC1. The highest BCUT2D eigenvalue weighted by Crippen LogP contribution is 2.37. The van der Waals surface area contributed by atoms with Gasteiger partial charge in [-0.2, -0.15) is 0 Å². The molecule has 0 spiro atoms. The Hall–Kier alpha value is -3.33. The van der Waals surface area contributed by atoms with Gasteiger partial charge in [0.15, 0.2) is 11.5 Å². The topological polar surface area (TPSA) is 94.6 Å². The molecule has 0 radical (unpaired) electrons. The largest absolute Gasteiger partial charge is 0.493 e. The van der Waals surface area contributed by atoms with E-state index < -0.39 is 17.5 Å². The number of carbonyl (C=O) groups excluding carboxylic acids is 1. The van der Waals surface area contributed by atoms with E-state index in [-0.39, 0.29) is 17.2 Å². The second-order valence-corrected chi connectivity index (χ2v) is 10.1. The number of nitrogens with one attached hydrogen (secondary N) is 2. The summed E-state index contributed by atoms with van der Waals surface area (Å²) < 4.78 is 30.8. The van der Waals surface area contributed by atoms with Crippen LogP contribution < -0.4 is 20.1 Å². The zero-order chi connectivity index (χ0) is 25.9. The molecule has 3 aromatic rings. The molecule has 8 nitrogen and oxygen atoms in total. The van der Waals surface area contributed by atoms with E-state index in [0.29, 0.717) is 33.9 Å². The van der Waals surface area contributed by atoms with E-state index in [0.717, 1.165) is 25.7 Å². The zero-order valence-corrected chi connectivity index (χ0v) is 21.5. The van der Waals surface area contributed by atoms with Gasteiger partial charge in [0.25, 0.3) is 0 Å². The molecule has 4 rings (SSSR count). The first-order valence-corrected chi connectivity index (χ1v) is 12.2. The number of fused-ring (bicyclic) bond motifs is 1. The summed E-state index contributed by atoms with van der Waals surface area (Å²) in [6, 6.07) is 8.05. The van der Waals surface area contributed by atoms with Crippen molar-refractivity contribution in [2.24, 2.45) is 0 Å². The third-order valence-electron chi connectivity index (χ3n) is 5.79. The summed E-state index contributed by atoms with van der Waals surface area (Å²) in [5.74, 6) is 1.17. The van der Waals surface area contributed by atoms with Crippen molar-refractivity contribution >= 4 is 40.1 Å². The Kier molecular flexibility index (Phi) is 7.68. The van der Waals surface area contributed by atoms with E-state index in [4.69, 9.17) is 25.8 Å². The molecular weight excluding hydrogens is 487 g/mol. The van der Waals surface area contributed by atoms with Gasteiger partial charge in [-0.05, 0) is 70.7 Å². The quantitative estimate of drug-likeness (QED) is 0.392. The second-order valence-electron chi connectivity index (χ2n) is 9.73. The van der Waals surface area contributed by atoms with Gasteiger partial charge in [0, 0.05) is 23.2 Å². The Morgan fingerprint density at radius 1 is 1.08 bits per heavy atom. The Bertz CT molecular complexity index is 1240. The highest BCUT2D eigenvalue weighted by molar-refractivity contribution is 6.31. The lowest BCUT2D eigenvalue weighted by Crippen LogP contribution is -2.42. The van der Waals surface area contributed by atoms with Crippen molar-refractivity contribution in [2.45, 2.75) is 64.2 Å². The first-order valence-electron chi connectivity index (χ1n) is 11.8. The van der Waals surface area contributed by atoms with Crippen LogP contribution in [0.15, 0.2) is 36.7 Å². The number of hydrogen-bond donors (Lipinski definition) is 2. The van der Waals surface area contributed by atoms with E-state index >= 15 is 0 Å². The Balaban J connectivity index is 1.47. The number of methoxy groups -OCH3 is 1. The number of rotatable bonds is 6. The van der Waals surface area contributed by atoms with E-state index in [1.54, 1.807) is 19.2 Å². The predicted octanol–water partition coefficient (Wildman–Crippen LogP) is 6.39. The summed E-state index contributed by atoms with van der Waals surface area (Å²) in [6.45, 7) is 5.53. The highest BCUT2D eigenvalue weighted by atomic mass is 35.5. The molecular formula is C26H30ClFN4O4. The number of anilines is 2. The fraction of sp³-hybridized carbons (Fsp3) is 0.423. The van der Waals surface area contributed by atoms with Gasteiger partial charge in [0.1, 0.15) is 23.6 Å². The van der Waals surface area contributed by atoms with Crippen molar-refractivity contribution in [3.8, 4) is 11.5 Å². The molecule has 0 aliphatic heterocycles. The van der Waals surface area contributed by atoms with Crippen LogP contribution in [-0.4, -0.2) is 40.9 Å². The maximum atomic E-state index is 13.6. The highest BCUT2D eigenvalue weighted by Gasteiger charge is 2.26. The number of nitrogens with zero attached hydrogens (tertiary/aromatic N) is 2. The fourth-order valence-electron chi connectivity index (χ4n) is 4.10. The summed E-state index contributed by atoms with van der Waals surface area (Å²) in [4.78, 5) is 20.8. The summed E-state index contributed by atoms with van der Waals surface area (Å²) in [7, 11) is 1.58. The molecule has 1 heterocycles. The van der Waals surface area contributed by atoms with Crippen LogP contribution in [0.4, 0.5) is 20.7 Å². The number of carbonyl (C=O) groups is 1. The minimum Gasteiger partial charge on any atom is -0.493 e. The third-order valence-corrected chi connectivity index (χ3v) is 6.08. The third kappa shape index (κ3) is 6.46. The van der Waals surface area contributed by atoms with Gasteiger partial charge in [-0.25, -0.2) is 19.2 Å². The second kappa shape index (κ2) is 10.7. The van der Waals surface area contributed by atoms with Crippen LogP contribution in [0.25, 0.3) is 10.9 Å². The Labute approximate surface area is 214 Å². The van der Waals surface area contributed by atoms with E-state index in [2.05, 4.69) is 20.6 Å². The molecule has 0 unspecified atom stereocenters. The van der Waals surface area contributed by atoms with Crippen LogP contribution in [0.1, 0.15) is 46.5 Å². The number of ether oxygens (including phenoxy) is 3. The van der Waals surface area contributed by atoms with E-state index in [9.17, 15) is 9.18 Å². The molecule has 1 fully saturated rings. The fourth-order valence-corrected chi connectivity index (χ4v) is 4.29. The lowest BCUT2D eigenvalue weighted by atomic mass is 9.93. The lowest BCUT2D eigenvalue weighted by molar-refractivity contribution is 0.0470. The number of aromatic nitrogens is 2. The molecule has 1 saturated carbocycles. The van der Waals surface area contributed by atoms with Crippen molar-refractivity contribution in [1.82, 2.24) is 15.3 Å². The van der Waals surface area contributed by atoms with E-state index in [1.165, 1.54) is 18.5 Å². The van der Waals surface area contributed by atoms with Crippen molar-refractivity contribution in [2.75, 3.05) is 12.4 Å². The molecule has 0 atom stereocenters. The molecule has 1 aliphatic carbocycles. The zero-order valence-electron chi connectivity index (χ0n) is 20.7. The smallest absolute Gasteiger partial charge is 0.407 e. The van der Waals surface area contributed by atoms with Crippen LogP contribution >= 0.6 is 11.6 Å². The molecule has 0 saturated heterocycles. The summed E-state index contributed by atoms with van der Waals surface area (Å²) in [5.41, 5.74) is 0.725. The van der Waals surface area contributed by atoms with E-state index in [1.807, 2.05) is 26.8 Å². The number of alkyl carbamates (subject to hydrolysis) is 1. The van der Waals surface area contributed by atoms with Gasteiger partial charge in [-0.15, -0.1) is 0 Å². The summed E-state index contributed by atoms with van der Waals surface area (Å²) >= 11 is 5.92. The molecule has 1 aliphatic rings. The maximum Gasteiger partial charge on any atom is 0.407 e. The number of halogens is 2. The summed E-state index contributed by atoms with van der Waals surface area (Å²) in [5, 5.41) is 6.85. The summed E-state index contributed by atoms with van der Waals surface area (Å²) in [6.07, 6.45) is 4.10. The molecule has 2 N–H and O–H groups in total. The molecule has 0 bridgehead atoms. The first-order chi connectivity index (χ1) is 17.1. The Morgan fingerprint density at radius 3 is 2.50 bits per heavy atom. The molecule has 192 valence electrons. The van der Waals surface area contributed by atoms with Crippen molar-refractivity contribution in [1.29, 1.82) is 0 Å². The van der Waals surface area contributed by atoms with Gasteiger partial charge >= 0.3 is 6.09 Å². The predicted molar refractivity (Wildman–Crippen MR) is 137 cm³/mol. The minimum absolute atomic E-state index is 0.0146. The van der Waals surface area contributed by atoms with Crippen LogP contribution in [0.5, 0.6) is 11.5 Å². The number of benzene rings is 2. The van der Waals surface area contributed by atoms with Crippen LogP contribution in [0, 0.1) is 5.82 Å². The standard InChI is InChI=1S/C26H30ClFN4O4/c1-26(2,3)36-25(33)32-15-5-8-17(9-6-15)35-23-12-18-21(13-22(23)34-4)29-14-30-24(18)31-16-7-10-20(28)19(27)11-16/h7,10-15,17H,5-6,8-9H2,1-4H3,(H,32,33)(H,29,30,31)/t15-,17-. The normalized spacial score (nSPS) is 17.9. The lowest BCUT2D eigenvalue weighted by Gasteiger charge is -2.30. The average molecular weight is 517 g/mol. The van der Waals surface area contributed by atoms with Crippen LogP contribution in [-0.2, 0) is 4.74 Å². The van der Waals surface area contributed by atoms with Crippen LogP contribution in [0.2, 0.25) is 5.02 Å².